The van der Waals surface area contributed by atoms with Gasteiger partial charge in [-0.15, -0.1) is 6.58 Å². The molecule has 1 rings (SSSR count). The van der Waals surface area contributed by atoms with E-state index in [9.17, 15) is 0 Å². The monoisotopic (exact) mass is 238 g/mol. The molecule has 0 radical (unpaired) electrons. The van der Waals surface area contributed by atoms with Crippen LogP contribution < -0.4 is 0 Å². The van der Waals surface area contributed by atoms with Crippen LogP contribution in [0.2, 0.25) is 0 Å². The largest absolute Gasteiger partial charge is 0.298 e. The molecule has 0 unspecified atom stereocenters. The molecule has 98 valence electrons. The lowest BCUT2D eigenvalue weighted by Gasteiger charge is -2.41. The van der Waals surface area contributed by atoms with Gasteiger partial charge in [0.2, 0.25) is 0 Å². The summed E-state index contributed by atoms with van der Waals surface area (Å²) < 4.78 is 0. The molecule has 0 amide bonds. The molecule has 0 bridgehead atoms. The standard InChI is InChI=1S/C14H26N2O/c1-7-9-17-16(6)14-10-15(5)13(8-2)11(3)12(14)4/h7,13-14H,1,8-10H2,2-6H3/t13-,14+/m1/s1. The van der Waals surface area contributed by atoms with Gasteiger partial charge in [0.15, 0.2) is 0 Å². The molecule has 1 aliphatic heterocycles. The first-order valence-corrected chi connectivity index (χ1v) is 6.37. The predicted octanol–water partition coefficient (Wildman–Crippen LogP) is 2.46. The second kappa shape index (κ2) is 6.34. The summed E-state index contributed by atoms with van der Waals surface area (Å²) in [6.07, 6.45) is 2.95. The van der Waals surface area contributed by atoms with Crippen LogP contribution in [-0.4, -0.2) is 49.3 Å². The highest BCUT2D eigenvalue weighted by Crippen LogP contribution is 2.27. The molecule has 0 aromatic heterocycles. The first-order valence-electron chi connectivity index (χ1n) is 6.37. The van der Waals surface area contributed by atoms with Crippen LogP contribution in [0, 0.1) is 0 Å². The van der Waals surface area contributed by atoms with Crippen LogP contribution in [0.25, 0.3) is 0 Å². The van der Waals surface area contributed by atoms with E-state index in [1.165, 1.54) is 17.6 Å². The molecule has 2 atom stereocenters. The Morgan fingerprint density at radius 1 is 1.47 bits per heavy atom. The maximum atomic E-state index is 5.62. The Morgan fingerprint density at radius 2 is 2.12 bits per heavy atom. The first-order chi connectivity index (χ1) is 8.02. The molecule has 0 saturated heterocycles. The molecule has 3 heteroatoms. The van der Waals surface area contributed by atoms with Gasteiger partial charge in [-0.3, -0.25) is 9.74 Å². The molecule has 0 saturated carbocycles. The summed E-state index contributed by atoms with van der Waals surface area (Å²) in [6.45, 7) is 12.0. The lowest BCUT2D eigenvalue weighted by Crippen LogP contribution is -2.49. The zero-order valence-corrected chi connectivity index (χ0v) is 11.9. The van der Waals surface area contributed by atoms with Crippen LogP contribution in [0.15, 0.2) is 23.8 Å². The van der Waals surface area contributed by atoms with E-state index in [0.29, 0.717) is 18.7 Å². The molecule has 0 aromatic carbocycles. The van der Waals surface area contributed by atoms with Crippen molar-refractivity contribution < 1.29 is 4.84 Å². The van der Waals surface area contributed by atoms with Crippen LogP contribution in [-0.2, 0) is 4.84 Å². The topological polar surface area (TPSA) is 15.7 Å². The zero-order chi connectivity index (χ0) is 13.0. The van der Waals surface area contributed by atoms with Gasteiger partial charge in [0, 0.05) is 19.6 Å². The Labute approximate surface area is 106 Å². The number of hydroxylamine groups is 2. The Kier molecular flexibility index (Phi) is 5.37. The molecular formula is C14H26N2O. The van der Waals surface area contributed by atoms with Gasteiger partial charge in [-0.25, -0.2) is 0 Å². The highest BCUT2D eigenvalue weighted by molar-refractivity contribution is 5.24. The average molecular weight is 238 g/mol. The van der Waals surface area contributed by atoms with Gasteiger partial charge in [-0.1, -0.05) is 24.1 Å². The van der Waals surface area contributed by atoms with Crippen molar-refractivity contribution in [2.45, 2.75) is 39.3 Å². The number of hydrogen-bond acceptors (Lipinski definition) is 3. The minimum atomic E-state index is 0.350. The highest BCUT2D eigenvalue weighted by atomic mass is 16.7. The molecule has 0 aromatic rings. The number of rotatable bonds is 5. The summed E-state index contributed by atoms with van der Waals surface area (Å²) in [7, 11) is 4.20. The summed E-state index contributed by atoms with van der Waals surface area (Å²) in [5, 5.41) is 1.96. The van der Waals surface area contributed by atoms with E-state index < -0.39 is 0 Å². The lowest BCUT2D eigenvalue weighted by atomic mass is 9.90. The highest BCUT2D eigenvalue weighted by Gasteiger charge is 2.30. The minimum absolute atomic E-state index is 0.350. The van der Waals surface area contributed by atoms with Gasteiger partial charge in [0.1, 0.15) is 0 Å². The smallest absolute Gasteiger partial charge is 0.0864 e. The minimum Gasteiger partial charge on any atom is -0.298 e. The molecule has 17 heavy (non-hydrogen) atoms. The second-order valence-electron chi connectivity index (χ2n) is 4.88. The summed E-state index contributed by atoms with van der Waals surface area (Å²) in [5.74, 6) is 0. The van der Waals surface area contributed by atoms with Crippen molar-refractivity contribution in [2.75, 3.05) is 27.2 Å². The Bertz CT molecular complexity index is 299. The average Bonchev–Trinajstić information content (AvgIpc) is 2.31. The van der Waals surface area contributed by atoms with E-state index in [1.54, 1.807) is 6.08 Å². The van der Waals surface area contributed by atoms with Gasteiger partial charge in [-0.2, -0.15) is 5.06 Å². The van der Waals surface area contributed by atoms with Gasteiger partial charge < -0.3 is 0 Å². The zero-order valence-electron chi connectivity index (χ0n) is 11.9. The van der Waals surface area contributed by atoms with Crippen LogP contribution in [0.4, 0.5) is 0 Å². The van der Waals surface area contributed by atoms with Crippen molar-refractivity contribution in [2.24, 2.45) is 0 Å². The van der Waals surface area contributed by atoms with E-state index in [0.717, 1.165) is 6.54 Å². The maximum Gasteiger partial charge on any atom is 0.0864 e. The van der Waals surface area contributed by atoms with Gasteiger partial charge in [0.25, 0.3) is 0 Å². The maximum absolute atomic E-state index is 5.62. The number of nitrogens with zero attached hydrogens (tertiary/aromatic N) is 2. The normalized spacial score (nSPS) is 26.7. The Morgan fingerprint density at radius 3 is 2.65 bits per heavy atom. The van der Waals surface area contributed by atoms with Gasteiger partial charge in [0.05, 0.1) is 12.6 Å². The fourth-order valence-electron chi connectivity index (χ4n) is 2.66. The predicted molar refractivity (Wildman–Crippen MR) is 72.8 cm³/mol. The molecule has 1 aliphatic rings. The van der Waals surface area contributed by atoms with Crippen LogP contribution in [0.1, 0.15) is 27.2 Å². The van der Waals surface area contributed by atoms with Crippen LogP contribution >= 0.6 is 0 Å². The molecule has 0 aliphatic carbocycles. The van der Waals surface area contributed by atoms with Crippen LogP contribution in [0.5, 0.6) is 0 Å². The third-order valence-corrected chi connectivity index (χ3v) is 3.84. The summed E-state index contributed by atoms with van der Waals surface area (Å²) in [4.78, 5) is 8.04. The van der Waals surface area contributed by atoms with Crippen molar-refractivity contribution in [1.29, 1.82) is 0 Å². The molecule has 1 heterocycles. The van der Waals surface area contributed by atoms with Gasteiger partial charge in [-0.05, 0) is 27.3 Å². The lowest BCUT2D eigenvalue weighted by molar-refractivity contribution is -0.154. The van der Waals surface area contributed by atoms with Crippen molar-refractivity contribution in [3.05, 3.63) is 23.8 Å². The third-order valence-electron chi connectivity index (χ3n) is 3.84. The van der Waals surface area contributed by atoms with Crippen molar-refractivity contribution >= 4 is 0 Å². The Hall–Kier alpha value is -0.640. The molecule has 0 spiro atoms. The second-order valence-corrected chi connectivity index (χ2v) is 4.88. The van der Waals surface area contributed by atoms with Crippen molar-refractivity contribution in [3.8, 4) is 0 Å². The summed E-state index contributed by atoms with van der Waals surface area (Å²) >= 11 is 0. The van der Waals surface area contributed by atoms with Gasteiger partial charge >= 0.3 is 0 Å². The van der Waals surface area contributed by atoms with Crippen molar-refractivity contribution in [3.63, 3.8) is 0 Å². The fourth-order valence-corrected chi connectivity index (χ4v) is 2.66. The molecule has 3 nitrogen and oxygen atoms in total. The molecular weight excluding hydrogens is 212 g/mol. The van der Waals surface area contributed by atoms with E-state index in [-0.39, 0.29) is 0 Å². The summed E-state index contributed by atoms with van der Waals surface area (Å²) in [5.41, 5.74) is 2.93. The quantitative estimate of drug-likeness (QED) is 0.540. The SMILES string of the molecule is C=CCON(C)[C@H]1CN(C)[C@H](CC)C(C)=C1C. The number of hydrogen-bond donors (Lipinski definition) is 0. The van der Waals surface area contributed by atoms with E-state index in [4.69, 9.17) is 4.84 Å². The molecule has 0 fully saturated rings. The fraction of sp³-hybridized carbons (Fsp3) is 0.714. The number of likely N-dealkylation sites (N-methyl/N-ethyl adjacent to an activating group) is 2. The van der Waals surface area contributed by atoms with Crippen LogP contribution in [0.3, 0.4) is 0 Å². The first kappa shape index (κ1) is 14.4. The Balaban J connectivity index is 2.81. The van der Waals surface area contributed by atoms with E-state index >= 15 is 0 Å². The summed E-state index contributed by atoms with van der Waals surface area (Å²) in [6, 6.07) is 0.932. The molecule has 0 N–H and O–H groups in total. The third kappa shape index (κ3) is 3.18. The van der Waals surface area contributed by atoms with Crippen molar-refractivity contribution in [1.82, 2.24) is 9.96 Å². The van der Waals surface area contributed by atoms with E-state index in [2.05, 4.69) is 39.3 Å². The van der Waals surface area contributed by atoms with E-state index in [1.807, 2.05) is 12.1 Å².